The number of nitrogens with one attached hydrogen (secondary N) is 2. The van der Waals surface area contributed by atoms with Gasteiger partial charge in [0.15, 0.2) is 11.6 Å². The highest BCUT2D eigenvalue weighted by Gasteiger charge is 2.12. The van der Waals surface area contributed by atoms with Gasteiger partial charge in [-0.1, -0.05) is 6.07 Å². The highest BCUT2D eigenvalue weighted by molar-refractivity contribution is 5.85. The van der Waals surface area contributed by atoms with Gasteiger partial charge in [0.25, 0.3) is 0 Å². The Kier molecular flexibility index (Phi) is 9.10. The molecule has 1 amide bonds. The lowest BCUT2D eigenvalue weighted by molar-refractivity contribution is -0.121. The van der Waals surface area contributed by atoms with Crippen molar-refractivity contribution in [2.45, 2.75) is 38.5 Å². The molecule has 0 aliphatic carbocycles. The molecule has 1 fully saturated rings. The first kappa shape index (κ1) is 19.8. The van der Waals surface area contributed by atoms with E-state index in [2.05, 4.69) is 10.6 Å². The van der Waals surface area contributed by atoms with Crippen LogP contribution in [0.4, 0.5) is 8.78 Å². The van der Waals surface area contributed by atoms with Gasteiger partial charge in [-0.2, -0.15) is 0 Å². The van der Waals surface area contributed by atoms with E-state index < -0.39 is 11.6 Å². The average Bonchev–Trinajstić information content (AvgIpc) is 2.52. The van der Waals surface area contributed by atoms with Crippen molar-refractivity contribution in [3.63, 3.8) is 0 Å². The van der Waals surface area contributed by atoms with Gasteiger partial charge in [0.05, 0.1) is 0 Å². The van der Waals surface area contributed by atoms with Gasteiger partial charge in [-0.3, -0.25) is 4.79 Å². The summed E-state index contributed by atoms with van der Waals surface area (Å²) in [5, 5.41) is 6.30. The number of halogens is 3. The summed E-state index contributed by atoms with van der Waals surface area (Å²) in [5.41, 5.74) is 0.722. The maximum atomic E-state index is 13.0. The topological polar surface area (TPSA) is 41.1 Å². The lowest BCUT2D eigenvalue weighted by Gasteiger charge is -2.22. The summed E-state index contributed by atoms with van der Waals surface area (Å²) < 4.78 is 25.8. The lowest BCUT2D eigenvalue weighted by Crippen LogP contribution is -2.33. The van der Waals surface area contributed by atoms with Gasteiger partial charge in [0.1, 0.15) is 0 Å². The van der Waals surface area contributed by atoms with Crippen molar-refractivity contribution in [3.05, 3.63) is 35.4 Å². The predicted molar refractivity (Wildman–Crippen MR) is 89.8 cm³/mol. The minimum Gasteiger partial charge on any atom is -0.356 e. The van der Waals surface area contributed by atoms with Crippen LogP contribution in [0.2, 0.25) is 0 Å². The van der Waals surface area contributed by atoms with Crippen LogP contribution in [0.1, 0.15) is 37.7 Å². The van der Waals surface area contributed by atoms with Crippen LogP contribution in [0.5, 0.6) is 0 Å². The van der Waals surface area contributed by atoms with E-state index in [0.29, 0.717) is 25.2 Å². The zero-order valence-corrected chi connectivity index (χ0v) is 14.1. The summed E-state index contributed by atoms with van der Waals surface area (Å²) in [6.45, 7) is 2.87. The van der Waals surface area contributed by atoms with Crippen molar-refractivity contribution >= 4 is 18.3 Å². The molecule has 1 heterocycles. The van der Waals surface area contributed by atoms with Crippen molar-refractivity contribution in [1.29, 1.82) is 0 Å². The highest BCUT2D eigenvalue weighted by Crippen LogP contribution is 2.13. The number of aryl methyl sites for hydroxylation is 1. The molecule has 0 saturated carbocycles. The van der Waals surface area contributed by atoms with Crippen molar-refractivity contribution in [1.82, 2.24) is 10.6 Å². The number of carbonyl (C=O) groups excluding carboxylic acids is 1. The maximum Gasteiger partial charge on any atom is 0.220 e. The van der Waals surface area contributed by atoms with E-state index in [4.69, 9.17) is 0 Å². The normalized spacial score (nSPS) is 17.4. The van der Waals surface area contributed by atoms with Gasteiger partial charge in [0.2, 0.25) is 5.91 Å². The molecule has 0 spiro atoms. The van der Waals surface area contributed by atoms with Crippen molar-refractivity contribution in [2.24, 2.45) is 5.92 Å². The second kappa shape index (κ2) is 10.6. The molecule has 0 bridgehead atoms. The van der Waals surface area contributed by atoms with Gasteiger partial charge in [-0.05, 0) is 68.8 Å². The van der Waals surface area contributed by atoms with E-state index in [1.54, 1.807) is 6.07 Å². The number of piperidine rings is 1. The Morgan fingerprint density at radius 3 is 2.83 bits per heavy atom. The SMILES string of the molecule is Cl.O=C(CCCc1ccc(F)c(F)c1)NCCC1CCCNC1. The third kappa shape index (κ3) is 7.27. The molecular formula is C17H25ClF2N2O. The zero-order valence-electron chi connectivity index (χ0n) is 13.2. The molecule has 1 saturated heterocycles. The summed E-state index contributed by atoms with van der Waals surface area (Å²) in [5.74, 6) is -0.968. The lowest BCUT2D eigenvalue weighted by atomic mass is 9.96. The summed E-state index contributed by atoms with van der Waals surface area (Å²) in [6, 6.07) is 3.89. The minimum atomic E-state index is -0.835. The van der Waals surface area contributed by atoms with Crippen LogP contribution in [0, 0.1) is 17.6 Å². The second-order valence-electron chi connectivity index (χ2n) is 5.95. The third-order valence-electron chi connectivity index (χ3n) is 4.13. The fraction of sp³-hybridized carbons (Fsp3) is 0.588. The Morgan fingerprint density at radius 2 is 2.13 bits per heavy atom. The van der Waals surface area contributed by atoms with Crippen LogP contribution in [0.3, 0.4) is 0 Å². The number of benzene rings is 1. The molecule has 2 N–H and O–H groups in total. The average molecular weight is 347 g/mol. The fourth-order valence-electron chi connectivity index (χ4n) is 2.82. The predicted octanol–water partition coefficient (Wildman–Crippen LogP) is 3.22. The number of carbonyl (C=O) groups is 1. The molecule has 1 aliphatic heterocycles. The Hall–Kier alpha value is -1.20. The van der Waals surface area contributed by atoms with Gasteiger partial charge >= 0.3 is 0 Å². The molecule has 1 aromatic rings. The molecule has 1 atom stereocenters. The zero-order chi connectivity index (χ0) is 15.8. The molecular weight excluding hydrogens is 322 g/mol. The standard InChI is InChI=1S/C17H24F2N2O.ClH/c18-15-7-6-13(11-16(15)19)3-1-5-17(22)21-10-8-14-4-2-9-20-12-14;/h6-7,11,14,20H,1-5,8-10,12H2,(H,21,22);1H. The molecule has 1 unspecified atom stereocenters. The van der Waals surface area contributed by atoms with Crippen molar-refractivity contribution < 1.29 is 13.6 Å². The number of hydrogen-bond acceptors (Lipinski definition) is 2. The Balaban J connectivity index is 0.00000264. The molecule has 130 valence electrons. The summed E-state index contributed by atoms with van der Waals surface area (Å²) in [7, 11) is 0. The molecule has 1 aromatic carbocycles. The fourth-order valence-corrected chi connectivity index (χ4v) is 2.82. The third-order valence-corrected chi connectivity index (χ3v) is 4.13. The first-order valence-corrected chi connectivity index (χ1v) is 8.06. The monoisotopic (exact) mass is 346 g/mol. The second-order valence-corrected chi connectivity index (χ2v) is 5.95. The molecule has 2 rings (SSSR count). The quantitative estimate of drug-likeness (QED) is 0.796. The molecule has 0 aromatic heterocycles. The maximum absolute atomic E-state index is 13.0. The van der Waals surface area contributed by atoms with Crippen LogP contribution < -0.4 is 10.6 Å². The first-order valence-electron chi connectivity index (χ1n) is 8.06. The van der Waals surface area contributed by atoms with Gasteiger partial charge in [-0.25, -0.2) is 8.78 Å². The summed E-state index contributed by atoms with van der Waals surface area (Å²) in [6.07, 6.45) is 5.11. The van der Waals surface area contributed by atoms with Gasteiger partial charge < -0.3 is 10.6 Å². The van der Waals surface area contributed by atoms with Crippen LogP contribution >= 0.6 is 12.4 Å². The van der Waals surface area contributed by atoms with E-state index in [-0.39, 0.29) is 18.3 Å². The van der Waals surface area contributed by atoms with E-state index in [0.717, 1.165) is 37.7 Å². The Morgan fingerprint density at radius 1 is 1.30 bits per heavy atom. The van der Waals surface area contributed by atoms with Gasteiger partial charge in [0, 0.05) is 13.0 Å². The molecule has 3 nitrogen and oxygen atoms in total. The molecule has 0 radical (unpaired) electrons. The van der Waals surface area contributed by atoms with Crippen LogP contribution in [-0.4, -0.2) is 25.5 Å². The smallest absolute Gasteiger partial charge is 0.220 e. The van der Waals surface area contributed by atoms with E-state index in [1.165, 1.54) is 18.9 Å². The summed E-state index contributed by atoms with van der Waals surface area (Å²) in [4.78, 5) is 11.7. The summed E-state index contributed by atoms with van der Waals surface area (Å²) >= 11 is 0. The highest BCUT2D eigenvalue weighted by atomic mass is 35.5. The van der Waals surface area contributed by atoms with Gasteiger partial charge in [-0.15, -0.1) is 12.4 Å². The van der Waals surface area contributed by atoms with Crippen molar-refractivity contribution in [2.75, 3.05) is 19.6 Å². The largest absolute Gasteiger partial charge is 0.356 e. The number of rotatable bonds is 7. The van der Waals surface area contributed by atoms with E-state index >= 15 is 0 Å². The van der Waals surface area contributed by atoms with E-state index in [1.807, 2.05) is 0 Å². The molecule has 23 heavy (non-hydrogen) atoms. The van der Waals surface area contributed by atoms with Crippen LogP contribution in [0.15, 0.2) is 18.2 Å². The van der Waals surface area contributed by atoms with E-state index in [9.17, 15) is 13.6 Å². The minimum absolute atomic E-state index is 0. The Labute approximate surface area is 142 Å². The van der Waals surface area contributed by atoms with Crippen LogP contribution in [-0.2, 0) is 11.2 Å². The number of amides is 1. The molecule has 1 aliphatic rings. The Bertz CT molecular complexity index is 493. The van der Waals surface area contributed by atoms with Crippen molar-refractivity contribution in [3.8, 4) is 0 Å². The number of hydrogen-bond donors (Lipinski definition) is 2. The first-order chi connectivity index (χ1) is 10.6. The van der Waals surface area contributed by atoms with Crippen LogP contribution in [0.25, 0.3) is 0 Å². The molecule has 6 heteroatoms.